The summed E-state index contributed by atoms with van der Waals surface area (Å²) in [5, 5.41) is 2.92. The molecule has 0 saturated heterocycles. The summed E-state index contributed by atoms with van der Waals surface area (Å²) >= 11 is 0. The van der Waals surface area contributed by atoms with Crippen molar-refractivity contribution in [1.29, 1.82) is 0 Å². The maximum absolute atomic E-state index is 13.0. The van der Waals surface area contributed by atoms with Gasteiger partial charge in [0.1, 0.15) is 11.8 Å². The highest BCUT2D eigenvalue weighted by atomic mass is 16.5. The molecular formula is C25H34N2O3. The van der Waals surface area contributed by atoms with Crippen LogP contribution in [-0.4, -0.2) is 35.9 Å². The van der Waals surface area contributed by atoms with E-state index in [1.165, 1.54) is 5.56 Å². The van der Waals surface area contributed by atoms with Crippen LogP contribution in [0.2, 0.25) is 0 Å². The molecule has 0 bridgehead atoms. The lowest BCUT2D eigenvalue weighted by Crippen LogP contribution is -2.49. The largest absolute Gasteiger partial charge is 0.484 e. The van der Waals surface area contributed by atoms with E-state index >= 15 is 0 Å². The Morgan fingerprint density at radius 3 is 2.13 bits per heavy atom. The van der Waals surface area contributed by atoms with E-state index in [0.717, 1.165) is 17.5 Å². The van der Waals surface area contributed by atoms with Crippen LogP contribution >= 0.6 is 0 Å². The lowest BCUT2D eigenvalue weighted by Gasteiger charge is -2.29. The second-order valence-electron chi connectivity index (χ2n) is 8.11. The van der Waals surface area contributed by atoms with Crippen molar-refractivity contribution >= 4 is 11.8 Å². The zero-order chi connectivity index (χ0) is 22.1. The summed E-state index contributed by atoms with van der Waals surface area (Å²) in [5.74, 6) is 0.614. The highest BCUT2D eigenvalue weighted by Crippen LogP contribution is 2.15. The van der Waals surface area contributed by atoms with Crippen molar-refractivity contribution in [3.05, 3.63) is 65.2 Å². The van der Waals surface area contributed by atoms with Gasteiger partial charge in [0.05, 0.1) is 0 Å². The van der Waals surface area contributed by atoms with Gasteiger partial charge in [0.25, 0.3) is 5.91 Å². The first-order chi connectivity index (χ1) is 14.3. The van der Waals surface area contributed by atoms with E-state index in [-0.39, 0.29) is 18.4 Å². The number of amides is 2. The molecule has 0 aliphatic rings. The van der Waals surface area contributed by atoms with Gasteiger partial charge in [-0.3, -0.25) is 9.59 Å². The lowest BCUT2D eigenvalue weighted by molar-refractivity contribution is -0.142. The van der Waals surface area contributed by atoms with Crippen LogP contribution in [0.3, 0.4) is 0 Å². The third kappa shape index (κ3) is 7.21. The zero-order valence-electron chi connectivity index (χ0n) is 18.8. The highest BCUT2D eigenvalue weighted by molar-refractivity contribution is 5.87. The standard InChI is InChI=1S/C25H34N2O3/c1-6-21-11-13-23(14-12-21)30-17-24(28)27(16-22-9-7-19(4)8-10-22)20(5)25(29)26-15-18(2)3/h7-14,18,20H,6,15-17H2,1-5H3,(H,26,29)/t20-/m1/s1. The van der Waals surface area contributed by atoms with Crippen molar-refractivity contribution in [2.24, 2.45) is 5.92 Å². The van der Waals surface area contributed by atoms with Crippen molar-refractivity contribution in [2.45, 2.75) is 53.6 Å². The number of rotatable bonds is 10. The summed E-state index contributed by atoms with van der Waals surface area (Å²) in [4.78, 5) is 27.2. The number of aryl methyl sites for hydroxylation is 2. The Morgan fingerprint density at radius 1 is 0.967 bits per heavy atom. The van der Waals surface area contributed by atoms with Gasteiger partial charge in [-0.1, -0.05) is 62.7 Å². The summed E-state index contributed by atoms with van der Waals surface area (Å²) in [7, 11) is 0. The minimum absolute atomic E-state index is 0.112. The number of hydrogen-bond donors (Lipinski definition) is 1. The maximum atomic E-state index is 13.0. The van der Waals surface area contributed by atoms with E-state index in [1.54, 1.807) is 11.8 Å². The number of nitrogens with zero attached hydrogens (tertiary/aromatic N) is 1. The van der Waals surface area contributed by atoms with Gasteiger partial charge in [0.15, 0.2) is 6.61 Å². The monoisotopic (exact) mass is 410 g/mol. The molecule has 1 atom stereocenters. The molecule has 0 spiro atoms. The summed E-state index contributed by atoms with van der Waals surface area (Å²) in [6.45, 7) is 10.8. The van der Waals surface area contributed by atoms with Crippen LogP contribution in [0, 0.1) is 12.8 Å². The molecule has 2 aromatic rings. The first-order valence-electron chi connectivity index (χ1n) is 10.6. The topological polar surface area (TPSA) is 58.6 Å². The lowest BCUT2D eigenvalue weighted by atomic mass is 10.1. The average molecular weight is 411 g/mol. The SMILES string of the molecule is CCc1ccc(OCC(=O)N(Cc2ccc(C)cc2)[C@H](C)C(=O)NCC(C)C)cc1. The number of hydrogen-bond acceptors (Lipinski definition) is 3. The van der Waals surface area contributed by atoms with Crippen LogP contribution in [0.25, 0.3) is 0 Å². The maximum Gasteiger partial charge on any atom is 0.261 e. The van der Waals surface area contributed by atoms with Gasteiger partial charge in [0.2, 0.25) is 5.91 Å². The predicted molar refractivity (Wildman–Crippen MR) is 120 cm³/mol. The molecule has 0 aromatic heterocycles. The van der Waals surface area contributed by atoms with Crippen LogP contribution in [-0.2, 0) is 22.6 Å². The van der Waals surface area contributed by atoms with Crippen LogP contribution in [0.15, 0.2) is 48.5 Å². The molecule has 0 fully saturated rings. The van der Waals surface area contributed by atoms with Crippen molar-refractivity contribution in [3.8, 4) is 5.75 Å². The second kappa shape index (κ2) is 11.4. The molecule has 2 rings (SSSR count). The van der Waals surface area contributed by atoms with Crippen LogP contribution < -0.4 is 10.1 Å². The van der Waals surface area contributed by atoms with Crippen molar-refractivity contribution < 1.29 is 14.3 Å². The number of carbonyl (C=O) groups excluding carboxylic acids is 2. The quantitative estimate of drug-likeness (QED) is 0.641. The molecule has 0 aliphatic heterocycles. The minimum atomic E-state index is -0.594. The Morgan fingerprint density at radius 2 is 1.57 bits per heavy atom. The van der Waals surface area contributed by atoms with Gasteiger partial charge in [-0.05, 0) is 49.4 Å². The number of nitrogens with one attached hydrogen (secondary N) is 1. The fourth-order valence-corrected chi connectivity index (χ4v) is 2.97. The average Bonchev–Trinajstić information content (AvgIpc) is 2.75. The summed E-state index contributed by atoms with van der Waals surface area (Å²) < 4.78 is 5.71. The van der Waals surface area contributed by atoms with Gasteiger partial charge in [0, 0.05) is 13.1 Å². The first-order valence-corrected chi connectivity index (χ1v) is 10.6. The van der Waals surface area contributed by atoms with E-state index in [0.29, 0.717) is 24.8 Å². The van der Waals surface area contributed by atoms with Gasteiger partial charge >= 0.3 is 0 Å². The Balaban J connectivity index is 2.10. The third-order valence-electron chi connectivity index (χ3n) is 5.02. The molecule has 5 nitrogen and oxygen atoms in total. The Hall–Kier alpha value is -2.82. The molecule has 30 heavy (non-hydrogen) atoms. The molecule has 0 radical (unpaired) electrons. The Kier molecular flexibility index (Phi) is 8.90. The summed E-state index contributed by atoms with van der Waals surface area (Å²) in [6, 6.07) is 15.1. The number of ether oxygens (including phenoxy) is 1. The van der Waals surface area contributed by atoms with Crippen molar-refractivity contribution in [2.75, 3.05) is 13.2 Å². The Bertz CT molecular complexity index is 813. The van der Waals surface area contributed by atoms with E-state index in [4.69, 9.17) is 4.74 Å². The fourth-order valence-electron chi connectivity index (χ4n) is 2.97. The van der Waals surface area contributed by atoms with Gasteiger partial charge in [-0.15, -0.1) is 0 Å². The van der Waals surface area contributed by atoms with Gasteiger partial charge in [-0.2, -0.15) is 0 Å². The second-order valence-corrected chi connectivity index (χ2v) is 8.11. The third-order valence-corrected chi connectivity index (χ3v) is 5.02. The molecule has 162 valence electrons. The van der Waals surface area contributed by atoms with E-state index in [1.807, 2.05) is 69.3 Å². The van der Waals surface area contributed by atoms with E-state index in [9.17, 15) is 9.59 Å². The number of carbonyl (C=O) groups is 2. The number of benzene rings is 2. The molecule has 0 unspecified atom stereocenters. The normalized spacial score (nSPS) is 11.8. The van der Waals surface area contributed by atoms with Crippen molar-refractivity contribution in [1.82, 2.24) is 10.2 Å². The minimum Gasteiger partial charge on any atom is -0.484 e. The zero-order valence-corrected chi connectivity index (χ0v) is 18.8. The predicted octanol–water partition coefficient (Wildman–Crippen LogP) is 4.13. The van der Waals surface area contributed by atoms with E-state index < -0.39 is 6.04 Å². The molecule has 0 saturated carbocycles. The molecule has 5 heteroatoms. The van der Waals surface area contributed by atoms with Crippen LogP contribution in [0.1, 0.15) is 44.4 Å². The van der Waals surface area contributed by atoms with Gasteiger partial charge in [-0.25, -0.2) is 0 Å². The highest BCUT2D eigenvalue weighted by Gasteiger charge is 2.26. The fraction of sp³-hybridized carbons (Fsp3) is 0.440. The molecule has 2 aromatic carbocycles. The van der Waals surface area contributed by atoms with Gasteiger partial charge < -0.3 is 15.0 Å². The summed E-state index contributed by atoms with van der Waals surface area (Å²) in [5.41, 5.74) is 3.34. The molecular weight excluding hydrogens is 376 g/mol. The van der Waals surface area contributed by atoms with E-state index in [2.05, 4.69) is 12.2 Å². The molecule has 0 aliphatic carbocycles. The Labute approximate surface area is 180 Å². The summed E-state index contributed by atoms with van der Waals surface area (Å²) in [6.07, 6.45) is 0.951. The molecule has 2 amide bonds. The van der Waals surface area contributed by atoms with Crippen LogP contribution in [0.5, 0.6) is 5.75 Å². The van der Waals surface area contributed by atoms with Crippen molar-refractivity contribution in [3.63, 3.8) is 0 Å². The molecule has 1 N–H and O–H groups in total. The first kappa shape index (κ1) is 23.5. The molecule has 0 heterocycles. The smallest absolute Gasteiger partial charge is 0.261 e. The van der Waals surface area contributed by atoms with Crippen LogP contribution in [0.4, 0.5) is 0 Å².